The summed E-state index contributed by atoms with van der Waals surface area (Å²) in [6.45, 7) is 0.564. The Kier molecular flexibility index (Phi) is 7.91. The molecule has 33 heavy (non-hydrogen) atoms. The summed E-state index contributed by atoms with van der Waals surface area (Å²) in [5.41, 5.74) is 8.14. The third kappa shape index (κ3) is 6.30. The van der Waals surface area contributed by atoms with Gasteiger partial charge >= 0.3 is 0 Å². The summed E-state index contributed by atoms with van der Waals surface area (Å²) >= 11 is 3.20. The Bertz CT molecular complexity index is 1280. The van der Waals surface area contributed by atoms with Crippen LogP contribution in [-0.4, -0.2) is 20.4 Å². The lowest BCUT2D eigenvalue weighted by Crippen LogP contribution is -2.23. The number of unbranched alkanes of at least 4 members (excludes halogenated alkanes) is 2. The predicted molar refractivity (Wildman–Crippen MR) is 135 cm³/mol. The van der Waals surface area contributed by atoms with E-state index in [-0.39, 0.29) is 11.5 Å². The number of primary amides is 1. The summed E-state index contributed by atoms with van der Waals surface area (Å²) in [4.78, 5) is 33.7. The van der Waals surface area contributed by atoms with Crippen LogP contribution in [0, 0.1) is 0 Å². The molecule has 0 spiro atoms. The smallest absolute Gasteiger partial charge is 0.262 e. The Morgan fingerprint density at radius 1 is 1.00 bits per heavy atom. The molecule has 170 valence electrons. The first kappa shape index (κ1) is 23.2. The van der Waals surface area contributed by atoms with E-state index in [0.29, 0.717) is 34.8 Å². The molecule has 2 aromatic heterocycles. The van der Waals surface area contributed by atoms with E-state index >= 15 is 0 Å². The molecule has 0 aliphatic heterocycles. The molecule has 0 atom stereocenters. The Balaban J connectivity index is 1.48. The molecule has 6 nitrogen and oxygen atoms in total. The van der Waals surface area contributed by atoms with Crippen LogP contribution in [0.25, 0.3) is 10.9 Å². The Morgan fingerprint density at radius 3 is 2.61 bits per heavy atom. The number of benzene rings is 2. The largest absolute Gasteiger partial charge is 0.370 e. The number of para-hydroxylation sites is 1. The van der Waals surface area contributed by atoms with Crippen LogP contribution in [0.2, 0.25) is 0 Å². The van der Waals surface area contributed by atoms with Crippen LogP contribution in [0.15, 0.2) is 69.9 Å². The van der Waals surface area contributed by atoms with E-state index in [4.69, 9.17) is 15.7 Å². The maximum Gasteiger partial charge on any atom is 0.262 e. The van der Waals surface area contributed by atoms with Gasteiger partial charge in [0.1, 0.15) is 0 Å². The molecule has 0 bridgehead atoms. The molecular weight excluding hydrogens is 452 g/mol. The zero-order valence-corrected chi connectivity index (χ0v) is 19.9. The Labute approximate surface area is 200 Å². The van der Waals surface area contributed by atoms with Crippen LogP contribution < -0.4 is 11.3 Å². The van der Waals surface area contributed by atoms with Crippen molar-refractivity contribution < 1.29 is 4.79 Å². The van der Waals surface area contributed by atoms with Crippen LogP contribution >= 0.6 is 23.1 Å². The fourth-order valence-electron chi connectivity index (χ4n) is 3.61. The third-order valence-electron chi connectivity index (χ3n) is 5.28. The van der Waals surface area contributed by atoms with Gasteiger partial charge in [0, 0.05) is 30.5 Å². The SMILES string of the molecule is NC(=O)CCCCCn1c(SCc2csc(Cc3ccccc3)n2)nc2ccccc2c1=O. The van der Waals surface area contributed by atoms with Crippen LogP contribution in [0.5, 0.6) is 0 Å². The Morgan fingerprint density at radius 2 is 1.79 bits per heavy atom. The summed E-state index contributed by atoms with van der Waals surface area (Å²) in [7, 11) is 0. The van der Waals surface area contributed by atoms with E-state index in [9.17, 15) is 9.59 Å². The molecule has 4 rings (SSSR count). The van der Waals surface area contributed by atoms with Gasteiger partial charge in [-0.05, 0) is 30.5 Å². The molecule has 2 heterocycles. The van der Waals surface area contributed by atoms with E-state index in [1.807, 2.05) is 42.5 Å². The summed E-state index contributed by atoms with van der Waals surface area (Å²) in [6, 6.07) is 17.8. The molecule has 4 aromatic rings. The summed E-state index contributed by atoms with van der Waals surface area (Å²) < 4.78 is 1.76. The lowest BCUT2D eigenvalue weighted by atomic mass is 10.2. The summed E-state index contributed by atoms with van der Waals surface area (Å²) in [5.74, 6) is 0.364. The first-order valence-corrected chi connectivity index (χ1v) is 12.8. The van der Waals surface area contributed by atoms with Gasteiger partial charge in [-0.15, -0.1) is 11.3 Å². The molecule has 2 N–H and O–H groups in total. The number of carbonyl (C=O) groups is 1. The van der Waals surface area contributed by atoms with Crippen molar-refractivity contribution in [2.75, 3.05) is 0 Å². The topological polar surface area (TPSA) is 90.9 Å². The average Bonchev–Trinajstić information content (AvgIpc) is 3.26. The highest BCUT2D eigenvalue weighted by Gasteiger charge is 2.13. The first-order chi connectivity index (χ1) is 16.1. The fraction of sp³-hybridized carbons (Fsp3) is 0.280. The van der Waals surface area contributed by atoms with E-state index in [0.717, 1.165) is 36.4 Å². The molecular formula is C25H26N4O2S2. The van der Waals surface area contributed by atoms with E-state index in [2.05, 4.69) is 17.5 Å². The summed E-state index contributed by atoms with van der Waals surface area (Å²) in [6.07, 6.45) is 3.55. The fourth-order valence-corrected chi connectivity index (χ4v) is 5.46. The number of thiazole rings is 1. The first-order valence-electron chi connectivity index (χ1n) is 11.0. The molecule has 1 amide bonds. The minimum Gasteiger partial charge on any atom is -0.370 e. The van der Waals surface area contributed by atoms with Crippen molar-refractivity contribution in [3.05, 3.63) is 86.6 Å². The van der Waals surface area contributed by atoms with E-state index < -0.39 is 0 Å². The van der Waals surface area contributed by atoms with Crippen LogP contribution in [0.1, 0.15) is 41.9 Å². The standard InChI is InChI=1S/C25H26N4O2S2/c26-22(30)13-5-2-8-14-29-24(31)20-11-6-7-12-21(20)28-25(29)33-17-19-16-32-23(27-19)15-18-9-3-1-4-10-18/h1,3-4,6-7,9-12,16H,2,5,8,13-15,17H2,(H2,26,30). The van der Waals surface area contributed by atoms with Crippen molar-refractivity contribution in [2.24, 2.45) is 5.73 Å². The number of carbonyl (C=O) groups excluding carboxylic acids is 1. The van der Waals surface area contributed by atoms with Gasteiger partial charge in [-0.25, -0.2) is 9.97 Å². The van der Waals surface area contributed by atoms with Crippen LogP contribution in [0.3, 0.4) is 0 Å². The zero-order valence-electron chi connectivity index (χ0n) is 18.3. The second kappa shape index (κ2) is 11.2. The highest BCUT2D eigenvalue weighted by Crippen LogP contribution is 2.24. The molecule has 0 saturated carbocycles. The average molecular weight is 479 g/mol. The number of thioether (sulfide) groups is 1. The predicted octanol–water partition coefficient (Wildman–Crippen LogP) is 4.78. The highest BCUT2D eigenvalue weighted by molar-refractivity contribution is 7.98. The maximum atomic E-state index is 13.2. The quantitative estimate of drug-likeness (QED) is 0.190. The Hall–Kier alpha value is -2.97. The van der Waals surface area contributed by atoms with Gasteiger partial charge in [-0.3, -0.25) is 14.2 Å². The van der Waals surface area contributed by atoms with Crippen LogP contribution in [0.4, 0.5) is 0 Å². The zero-order chi connectivity index (χ0) is 23.0. The minimum atomic E-state index is -0.286. The van der Waals surface area contributed by atoms with Gasteiger partial charge in [0.05, 0.1) is 21.6 Å². The van der Waals surface area contributed by atoms with Crippen molar-refractivity contribution in [2.45, 2.75) is 49.6 Å². The lowest BCUT2D eigenvalue weighted by molar-refractivity contribution is -0.118. The number of amides is 1. The minimum absolute atomic E-state index is 0.0268. The molecule has 0 unspecified atom stereocenters. The number of aromatic nitrogens is 3. The lowest BCUT2D eigenvalue weighted by Gasteiger charge is -2.12. The van der Waals surface area contributed by atoms with Crippen molar-refractivity contribution >= 4 is 39.9 Å². The molecule has 2 aromatic carbocycles. The molecule has 8 heteroatoms. The normalized spacial score (nSPS) is 11.2. The number of hydrogen-bond acceptors (Lipinski definition) is 6. The van der Waals surface area contributed by atoms with Gasteiger partial charge in [-0.2, -0.15) is 0 Å². The van der Waals surface area contributed by atoms with E-state index in [1.54, 1.807) is 15.9 Å². The van der Waals surface area contributed by atoms with Gasteiger partial charge in [0.15, 0.2) is 5.16 Å². The molecule has 0 fully saturated rings. The second-order valence-electron chi connectivity index (χ2n) is 7.83. The van der Waals surface area contributed by atoms with Crippen molar-refractivity contribution in [1.29, 1.82) is 0 Å². The third-order valence-corrected chi connectivity index (χ3v) is 7.19. The molecule has 0 aliphatic carbocycles. The van der Waals surface area contributed by atoms with Crippen molar-refractivity contribution in [3.8, 4) is 0 Å². The number of nitrogens with two attached hydrogens (primary N) is 1. The van der Waals surface area contributed by atoms with Gasteiger partial charge in [-0.1, -0.05) is 60.6 Å². The molecule has 0 radical (unpaired) electrons. The summed E-state index contributed by atoms with van der Waals surface area (Å²) in [5, 5.41) is 4.48. The second-order valence-corrected chi connectivity index (χ2v) is 9.71. The monoisotopic (exact) mass is 478 g/mol. The van der Waals surface area contributed by atoms with Gasteiger partial charge < -0.3 is 5.73 Å². The van der Waals surface area contributed by atoms with Gasteiger partial charge in [0.2, 0.25) is 5.91 Å². The molecule has 0 saturated heterocycles. The number of rotatable bonds is 11. The number of nitrogens with zero attached hydrogens (tertiary/aromatic N) is 3. The van der Waals surface area contributed by atoms with Crippen LogP contribution in [-0.2, 0) is 23.5 Å². The highest BCUT2D eigenvalue weighted by atomic mass is 32.2. The van der Waals surface area contributed by atoms with Gasteiger partial charge in [0.25, 0.3) is 5.56 Å². The van der Waals surface area contributed by atoms with Crippen molar-refractivity contribution in [1.82, 2.24) is 14.5 Å². The molecule has 0 aliphatic rings. The maximum absolute atomic E-state index is 13.2. The number of fused-ring (bicyclic) bond motifs is 1. The number of hydrogen-bond donors (Lipinski definition) is 1. The van der Waals surface area contributed by atoms with Crippen molar-refractivity contribution in [3.63, 3.8) is 0 Å². The van der Waals surface area contributed by atoms with E-state index in [1.165, 1.54) is 17.3 Å².